The minimum atomic E-state index is -3.13. The van der Waals surface area contributed by atoms with Gasteiger partial charge in [-0.1, -0.05) is 11.6 Å². The smallest absolute Gasteiger partial charge is 0.387 e. The Morgan fingerprint density at radius 2 is 2.09 bits per heavy atom. The Balaban J connectivity index is 1.76. The van der Waals surface area contributed by atoms with E-state index in [0.29, 0.717) is 5.65 Å². The Kier molecular flexibility index (Phi) is 6.41. The quantitative estimate of drug-likeness (QED) is 0.412. The van der Waals surface area contributed by atoms with E-state index in [9.17, 15) is 18.4 Å². The number of carbonyl (C=O) groups is 2. The molecule has 0 aliphatic carbocycles. The van der Waals surface area contributed by atoms with E-state index in [1.165, 1.54) is 60.3 Å². The van der Waals surface area contributed by atoms with E-state index in [2.05, 4.69) is 30.3 Å². The molecular weight excluding hydrogens is 472 g/mol. The highest BCUT2D eigenvalue weighted by Gasteiger charge is 2.33. The highest BCUT2D eigenvalue weighted by atomic mass is 35.5. The van der Waals surface area contributed by atoms with Crippen LogP contribution in [-0.4, -0.2) is 62.2 Å². The Morgan fingerprint density at radius 1 is 1.29 bits per heavy atom. The summed E-state index contributed by atoms with van der Waals surface area (Å²) in [4.78, 5) is 31.6. The molecule has 0 aliphatic rings. The van der Waals surface area contributed by atoms with Gasteiger partial charge in [0.1, 0.15) is 22.9 Å². The van der Waals surface area contributed by atoms with Gasteiger partial charge in [0.05, 0.1) is 11.9 Å². The van der Waals surface area contributed by atoms with Crippen LogP contribution in [0.1, 0.15) is 27.5 Å². The van der Waals surface area contributed by atoms with Crippen LogP contribution in [0.25, 0.3) is 5.65 Å². The number of rotatable bonds is 7. The van der Waals surface area contributed by atoms with Crippen LogP contribution in [0.15, 0.2) is 49.1 Å². The molecule has 0 aliphatic heterocycles. The first-order valence-electron chi connectivity index (χ1n) is 9.85. The van der Waals surface area contributed by atoms with Crippen molar-refractivity contribution in [3.63, 3.8) is 0 Å². The predicted octanol–water partition coefficient (Wildman–Crippen LogP) is 3.18. The number of likely N-dealkylation sites (N-methyl/N-ethyl adjacent to an activating group) is 1. The first-order valence-corrected chi connectivity index (χ1v) is 10.2. The number of aromatic amines is 1. The molecule has 2 N–H and O–H groups in total. The van der Waals surface area contributed by atoms with E-state index in [4.69, 9.17) is 11.6 Å². The number of aromatic nitrogens is 5. The second kappa shape index (κ2) is 9.43. The second-order valence-electron chi connectivity index (χ2n) is 7.31. The molecule has 0 saturated heterocycles. The van der Waals surface area contributed by atoms with E-state index in [1.54, 1.807) is 12.3 Å². The standard InChI is InChI=1S/C21H18ClF2N7O3/c1-30(2)20(33)16(12-8-11(22)4-5-15(12)34-21(23)24)17-14(10-26-29-17)28-19(32)13-9-27-31-7-3-6-25-18(13)31/h3-10,16,21H,1-2H3,(H,26,29)(H,28,32). The van der Waals surface area contributed by atoms with Crippen LogP contribution in [0.5, 0.6) is 5.75 Å². The van der Waals surface area contributed by atoms with Crippen molar-refractivity contribution in [2.24, 2.45) is 0 Å². The fourth-order valence-corrected chi connectivity index (χ4v) is 3.58. The topological polar surface area (TPSA) is 118 Å². The zero-order valence-corrected chi connectivity index (χ0v) is 18.6. The fourth-order valence-electron chi connectivity index (χ4n) is 3.40. The lowest BCUT2D eigenvalue weighted by atomic mass is 9.92. The summed E-state index contributed by atoms with van der Waals surface area (Å²) in [6, 6.07) is 5.62. The van der Waals surface area contributed by atoms with Crippen molar-refractivity contribution in [3.05, 3.63) is 70.9 Å². The van der Waals surface area contributed by atoms with Crippen molar-refractivity contribution in [3.8, 4) is 5.75 Å². The minimum absolute atomic E-state index is 0.0618. The van der Waals surface area contributed by atoms with Gasteiger partial charge in [-0.15, -0.1) is 0 Å². The SMILES string of the molecule is CN(C)C(=O)C(c1cc(Cl)ccc1OC(F)F)c1n[nH]cc1NC(=O)c1cnn2cccnc12. The molecule has 34 heavy (non-hydrogen) atoms. The average Bonchev–Trinajstić information content (AvgIpc) is 3.42. The molecule has 176 valence electrons. The molecule has 0 fully saturated rings. The number of anilines is 1. The van der Waals surface area contributed by atoms with Gasteiger partial charge in [0.25, 0.3) is 5.91 Å². The number of ether oxygens (including phenoxy) is 1. The third-order valence-electron chi connectivity index (χ3n) is 4.90. The molecule has 0 saturated carbocycles. The van der Waals surface area contributed by atoms with E-state index < -0.39 is 24.3 Å². The van der Waals surface area contributed by atoms with Crippen LogP contribution in [-0.2, 0) is 4.79 Å². The van der Waals surface area contributed by atoms with E-state index in [-0.39, 0.29) is 33.3 Å². The monoisotopic (exact) mass is 489 g/mol. The molecule has 2 amide bonds. The molecule has 4 rings (SSSR count). The number of nitrogens with zero attached hydrogens (tertiary/aromatic N) is 5. The van der Waals surface area contributed by atoms with Gasteiger partial charge in [0.2, 0.25) is 5.91 Å². The molecule has 0 bridgehead atoms. The molecular formula is C21H18ClF2N7O3. The molecule has 3 aromatic heterocycles. The summed E-state index contributed by atoms with van der Waals surface area (Å²) in [6.07, 6.45) is 5.89. The van der Waals surface area contributed by atoms with Crippen molar-refractivity contribution < 1.29 is 23.1 Å². The molecule has 13 heteroatoms. The van der Waals surface area contributed by atoms with Gasteiger partial charge in [-0.05, 0) is 24.3 Å². The number of amides is 2. The third-order valence-corrected chi connectivity index (χ3v) is 5.14. The van der Waals surface area contributed by atoms with E-state index in [0.717, 1.165) is 0 Å². The Morgan fingerprint density at radius 3 is 2.82 bits per heavy atom. The average molecular weight is 490 g/mol. The van der Waals surface area contributed by atoms with Gasteiger partial charge in [-0.3, -0.25) is 14.7 Å². The zero-order valence-electron chi connectivity index (χ0n) is 17.9. The number of hydrogen-bond acceptors (Lipinski definition) is 6. The van der Waals surface area contributed by atoms with Crippen molar-refractivity contribution in [2.75, 3.05) is 19.4 Å². The van der Waals surface area contributed by atoms with E-state index >= 15 is 0 Å². The summed E-state index contributed by atoms with van der Waals surface area (Å²) in [5.41, 5.74) is 0.814. The van der Waals surface area contributed by atoms with Gasteiger partial charge in [0, 0.05) is 43.3 Å². The summed E-state index contributed by atoms with van der Waals surface area (Å²) in [5.74, 6) is -2.51. The summed E-state index contributed by atoms with van der Waals surface area (Å²) in [5, 5.41) is 13.7. The van der Waals surface area contributed by atoms with Gasteiger partial charge in [-0.25, -0.2) is 9.50 Å². The number of carbonyl (C=O) groups excluding carboxylic acids is 2. The molecule has 4 aromatic rings. The number of hydrogen-bond donors (Lipinski definition) is 2. The fraction of sp³-hybridized carbons (Fsp3) is 0.190. The number of benzene rings is 1. The van der Waals surface area contributed by atoms with Crippen molar-refractivity contribution in [2.45, 2.75) is 12.5 Å². The lowest BCUT2D eigenvalue weighted by molar-refractivity contribution is -0.129. The maximum atomic E-state index is 13.2. The zero-order chi connectivity index (χ0) is 24.4. The van der Waals surface area contributed by atoms with Crippen LogP contribution < -0.4 is 10.1 Å². The number of nitrogens with one attached hydrogen (secondary N) is 2. The number of alkyl halides is 2. The molecule has 1 atom stereocenters. The number of fused-ring (bicyclic) bond motifs is 1. The molecule has 10 nitrogen and oxygen atoms in total. The Bertz CT molecular complexity index is 1360. The molecule has 0 spiro atoms. The third kappa shape index (κ3) is 4.53. The van der Waals surface area contributed by atoms with Crippen LogP contribution in [0, 0.1) is 0 Å². The molecule has 1 unspecified atom stereocenters. The van der Waals surface area contributed by atoms with E-state index in [1.807, 2.05) is 0 Å². The summed E-state index contributed by atoms with van der Waals surface area (Å²) >= 11 is 6.11. The molecule has 3 heterocycles. The van der Waals surface area contributed by atoms with Crippen molar-refractivity contribution in [1.29, 1.82) is 0 Å². The first-order chi connectivity index (χ1) is 16.3. The lowest BCUT2D eigenvalue weighted by Crippen LogP contribution is -2.30. The number of H-pyrrole nitrogens is 1. The summed E-state index contributed by atoms with van der Waals surface area (Å²) in [7, 11) is 3.01. The van der Waals surface area contributed by atoms with Crippen LogP contribution >= 0.6 is 11.6 Å². The van der Waals surface area contributed by atoms with Crippen LogP contribution in [0.2, 0.25) is 5.02 Å². The molecule has 0 radical (unpaired) electrons. The highest BCUT2D eigenvalue weighted by Crippen LogP contribution is 2.38. The van der Waals surface area contributed by atoms with Gasteiger partial charge in [-0.2, -0.15) is 19.0 Å². The van der Waals surface area contributed by atoms with Crippen LogP contribution in [0.3, 0.4) is 0 Å². The summed E-state index contributed by atoms with van der Waals surface area (Å²) in [6.45, 7) is -3.13. The number of halogens is 3. The normalized spacial score (nSPS) is 12.1. The second-order valence-corrected chi connectivity index (χ2v) is 7.75. The Labute approximate surface area is 196 Å². The highest BCUT2D eigenvalue weighted by molar-refractivity contribution is 6.30. The maximum absolute atomic E-state index is 13.2. The van der Waals surface area contributed by atoms with Gasteiger partial charge >= 0.3 is 6.61 Å². The minimum Gasteiger partial charge on any atom is -0.435 e. The van der Waals surface area contributed by atoms with Crippen LogP contribution in [0.4, 0.5) is 14.5 Å². The molecule has 1 aromatic carbocycles. The predicted molar refractivity (Wildman–Crippen MR) is 118 cm³/mol. The lowest BCUT2D eigenvalue weighted by Gasteiger charge is -2.23. The largest absolute Gasteiger partial charge is 0.435 e. The van der Waals surface area contributed by atoms with Crippen molar-refractivity contribution >= 4 is 34.7 Å². The van der Waals surface area contributed by atoms with Gasteiger partial charge in [0.15, 0.2) is 5.65 Å². The van der Waals surface area contributed by atoms with Gasteiger partial charge < -0.3 is 15.0 Å². The summed E-state index contributed by atoms with van der Waals surface area (Å²) < 4.78 is 32.2. The van der Waals surface area contributed by atoms with Crippen molar-refractivity contribution in [1.82, 2.24) is 29.7 Å². The maximum Gasteiger partial charge on any atom is 0.387 e. The Hall–Kier alpha value is -4.06. The first kappa shape index (κ1) is 23.1.